The molecule has 0 atom stereocenters. The maximum Gasteiger partial charge on any atom is 0.322 e. The van der Waals surface area contributed by atoms with Crippen LogP contribution in [-0.2, 0) is 13.0 Å². The van der Waals surface area contributed by atoms with Gasteiger partial charge < -0.3 is 10.2 Å². The zero-order valence-corrected chi connectivity index (χ0v) is 13.8. The van der Waals surface area contributed by atoms with Crippen LogP contribution in [0.1, 0.15) is 11.1 Å². The van der Waals surface area contributed by atoms with E-state index in [2.05, 4.69) is 5.32 Å². The Morgan fingerprint density at radius 1 is 1.00 bits per heavy atom. The van der Waals surface area contributed by atoms with Crippen LogP contribution in [0.3, 0.4) is 0 Å². The highest BCUT2D eigenvalue weighted by Crippen LogP contribution is 2.26. The van der Waals surface area contributed by atoms with Gasteiger partial charge in [-0.05, 0) is 47.9 Å². The fourth-order valence-corrected chi connectivity index (χ4v) is 2.97. The molecule has 0 spiro atoms. The summed E-state index contributed by atoms with van der Waals surface area (Å²) in [6.07, 6.45) is 0.821. The Balaban J connectivity index is 1.72. The minimum absolute atomic E-state index is 0.163. The number of anilines is 1. The number of hydrogen-bond donors (Lipinski definition) is 1. The first-order valence-corrected chi connectivity index (χ1v) is 7.94. The van der Waals surface area contributed by atoms with Crippen molar-refractivity contribution < 1.29 is 4.79 Å². The average Bonchev–Trinajstić information content (AvgIpc) is 2.50. The summed E-state index contributed by atoms with van der Waals surface area (Å²) in [4.78, 5) is 14.1. The van der Waals surface area contributed by atoms with Gasteiger partial charge in [-0.15, -0.1) is 0 Å². The molecule has 2 aromatic carbocycles. The minimum Gasteiger partial charge on any atom is -0.320 e. The highest BCUT2D eigenvalue weighted by Gasteiger charge is 2.21. The predicted molar refractivity (Wildman–Crippen MR) is 91.0 cm³/mol. The summed E-state index contributed by atoms with van der Waals surface area (Å²) in [6.45, 7) is 1.21. The van der Waals surface area contributed by atoms with E-state index < -0.39 is 0 Å². The molecule has 3 rings (SSSR count). The number of carbonyl (C=O) groups excluding carboxylic acids is 1. The lowest BCUT2D eigenvalue weighted by Crippen LogP contribution is -2.38. The predicted octanol–water partition coefficient (Wildman–Crippen LogP) is 5.24. The Morgan fingerprint density at radius 3 is 2.59 bits per heavy atom. The number of fused-ring (bicyclic) bond motifs is 1. The molecule has 0 fully saturated rings. The molecule has 3 nitrogen and oxygen atoms in total. The van der Waals surface area contributed by atoms with Crippen molar-refractivity contribution in [2.24, 2.45) is 0 Å². The molecule has 0 unspecified atom stereocenters. The van der Waals surface area contributed by atoms with Gasteiger partial charge in [0.05, 0.1) is 10.0 Å². The van der Waals surface area contributed by atoms with Crippen LogP contribution in [0.4, 0.5) is 10.5 Å². The summed E-state index contributed by atoms with van der Waals surface area (Å²) in [5.41, 5.74) is 2.95. The molecule has 1 aliphatic heterocycles. The van der Waals surface area contributed by atoms with Gasteiger partial charge in [-0.1, -0.05) is 40.9 Å². The molecule has 2 amide bonds. The lowest BCUT2D eigenvalue weighted by Gasteiger charge is -2.29. The van der Waals surface area contributed by atoms with Crippen LogP contribution in [-0.4, -0.2) is 17.5 Å². The third kappa shape index (κ3) is 3.32. The van der Waals surface area contributed by atoms with Crippen molar-refractivity contribution in [2.45, 2.75) is 13.0 Å². The van der Waals surface area contributed by atoms with Crippen LogP contribution >= 0.6 is 34.8 Å². The molecule has 0 saturated heterocycles. The van der Waals surface area contributed by atoms with Crippen molar-refractivity contribution in [2.75, 3.05) is 11.9 Å². The van der Waals surface area contributed by atoms with Gasteiger partial charge in [0.1, 0.15) is 0 Å². The van der Waals surface area contributed by atoms with Crippen LogP contribution in [0.25, 0.3) is 0 Å². The zero-order chi connectivity index (χ0) is 15.7. The van der Waals surface area contributed by atoms with Gasteiger partial charge in [-0.3, -0.25) is 0 Å². The van der Waals surface area contributed by atoms with E-state index in [1.165, 1.54) is 5.56 Å². The van der Waals surface area contributed by atoms with E-state index in [-0.39, 0.29) is 6.03 Å². The molecule has 6 heteroatoms. The van der Waals surface area contributed by atoms with Crippen molar-refractivity contribution in [3.05, 3.63) is 62.6 Å². The van der Waals surface area contributed by atoms with Gasteiger partial charge >= 0.3 is 6.03 Å². The highest BCUT2D eigenvalue weighted by molar-refractivity contribution is 6.42. The van der Waals surface area contributed by atoms with Gasteiger partial charge in [-0.25, -0.2) is 4.79 Å². The van der Waals surface area contributed by atoms with Gasteiger partial charge in [0.2, 0.25) is 0 Å². The number of carbonyl (C=O) groups is 1. The normalized spacial score (nSPS) is 13.7. The Morgan fingerprint density at radius 2 is 1.82 bits per heavy atom. The van der Waals surface area contributed by atoms with Gasteiger partial charge in [0, 0.05) is 23.8 Å². The monoisotopic (exact) mass is 354 g/mol. The second-order valence-corrected chi connectivity index (χ2v) is 6.39. The lowest BCUT2D eigenvalue weighted by atomic mass is 10.0. The number of amides is 2. The van der Waals surface area contributed by atoms with E-state index in [1.807, 2.05) is 18.2 Å². The fraction of sp³-hybridized carbons (Fsp3) is 0.188. The maximum atomic E-state index is 12.4. The first-order chi connectivity index (χ1) is 10.5. The van der Waals surface area contributed by atoms with Crippen LogP contribution in [0, 0.1) is 0 Å². The molecule has 1 N–H and O–H groups in total. The van der Waals surface area contributed by atoms with E-state index >= 15 is 0 Å². The van der Waals surface area contributed by atoms with Crippen LogP contribution < -0.4 is 5.32 Å². The lowest BCUT2D eigenvalue weighted by molar-refractivity contribution is 0.206. The molecule has 114 valence electrons. The zero-order valence-electron chi connectivity index (χ0n) is 11.6. The van der Waals surface area contributed by atoms with Crippen LogP contribution in [0.5, 0.6) is 0 Å². The smallest absolute Gasteiger partial charge is 0.320 e. The molecule has 0 aromatic heterocycles. The van der Waals surface area contributed by atoms with E-state index in [0.29, 0.717) is 33.8 Å². The molecule has 22 heavy (non-hydrogen) atoms. The molecular formula is C16H13Cl3N2O. The standard InChI is InChI=1S/C16H13Cl3N2O/c17-12-2-1-10-5-6-21(9-11(10)7-12)16(22)20-13-3-4-14(18)15(19)8-13/h1-4,7-8H,5-6,9H2,(H,20,22). The second-order valence-electron chi connectivity index (χ2n) is 5.14. The number of hydrogen-bond acceptors (Lipinski definition) is 1. The number of nitrogens with zero attached hydrogens (tertiary/aromatic N) is 1. The molecule has 2 aromatic rings. The molecule has 0 bridgehead atoms. The summed E-state index contributed by atoms with van der Waals surface area (Å²) < 4.78 is 0. The minimum atomic E-state index is -0.163. The van der Waals surface area contributed by atoms with E-state index in [4.69, 9.17) is 34.8 Å². The molecule has 0 aliphatic carbocycles. The van der Waals surface area contributed by atoms with Crippen molar-refractivity contribution in [3.63, 3.8) is 0 Å². The Kier molecular flexibility index (Phi) is 4.48. The third-order valence-corrected chi connectivity index (χ3v) is 4.61. The number of urea groups is 1. The highest BCUT2D eigenvalue weighted by atomic mass is 35.5. The Hall–Kier alpha value is -1.42. The molecule has 1 aliphatic rings. The topological polar surface area (TPSA) is 32.3 Å². The molecule has 0 saturated carbocycles. The first-order valence-electron chi connectivity index (χ1n) is 6.81. The van der Waals surface area contributed by atoms with Crippen molar-refractivity contribution >= 4 is 46.5 Å². The molecule has 1 heterocycles. The summed E-state index contributed by atoms with van der Waals surface area (Å²) in [5, 5.41) is 4.39. The maximum absolute atomic E-state index is 12.4. The summed E-state index contributed by atoms with van der Waals surface area (Å²) in [5.74, 6) is 0. The molecule has 0 radical (unpaired) electrons. The van der Waals surface area contributed by atoms with Crippen LogP contribution in [0.15, 0.2) is 36.4 Å². The fourth-order valence-electron chi connectivity index (χ4n) is 2.48. The van der Waals surface area contributed by atoms with E-state index in [0.717, 1.165) is 12.0 Å². The van der Waals surface area contributed by atoms with Crippen molar-refractivity contribution in [3.8, 4) is 0 Å². The second kappa shape index (κ2) is 6.37. The Labute approximate surface area is 143 Å². The number of rotatable bonds is 1. The van der Waals surface area contributed by atoms with Crippen molar-refractivity contribution in [1.29, 1.82) is 0 Å². The first kappa shape index (κ1) is 15.5. The SMILES string of the molecule is O=C(Nc1ccc(Cl)c(Cl)c1)N1CCc2ccc(Cl)cc2C1. The molecular weight excluding hydrogens is 343 g/mol. The summed E-state index contributed by atoms with van der Waals surface area (Å²) in [6, 6.07) is 10.7. The Bertz CT molecular complexity index is 733. The van der Waals surface area contributed by atoms with Gasteiger partial charge in [0.15, 0.2) is 0 Å². The number of nitrogens with one attached hydrogen (secondary N) is 1. The average molecular weight is 356 g/mol. The van der Waals surface area contributed by atoms with Crippen molar-refractivity contribution in [1.82, 2.24) is 4.90 Å². The summed E-state index contributed by atoms with van der Waals surface area (Å²) >= 11 is 17.8. The van der Waals surface area contributed by atoms with E-state index in [9.17, 15) is 4.79 Å². The van der Waals surface area contributed by atoms with Gasteiger partial charge in [-0.2, -0.15) is 0 Å². The number of benzene rings is 2. The van der Waals surface area contributed by atoms with Crippen LogP contribution in [0.2, 0.25) is 15.1 Å². The quantitative estimate of drug-likeness (QED) is 0.745. The third-order valence-electron chi connectivity index (χ3n) is 3.64. The number of halogens is 3. The van der Waals surface area contributed by atoms with Gasteiger partial charge in [0.25, 0.3) is 0 Å². The summed E-state index contributed by atoms with van der Waals surface area (Å²) in [7, 11) is 0. The largest absolute Gasteiger partial charge is 0.322 e. The van der Waals surface area contributed by atoms with E-state index in [1.54, 1.807) is 23.1 Å².